The second kappa shape index (κ2) is 6.26. The van der Waals surface area contributed by atoms with Gasteiger partial charge in [0.2, 0.25) is 0 Å². The standard InChI is InChI=1S/C18H15ClN2O2/c1-12-14(9-15(10-22)18(23)17(12)19)8-13-2-4-16(5-3-13)21-7-6-20-11-21/h2-7,9-11,23H,8H2,1H3. The number of aldehydes is 1. The summed E-state index contributed by atoms with van der Waals surface area (Å²) >= 11 is 6.11. The van der Waals surface area contributed by atoms with Crippen LogP contribution in [0.3, 0.4) is 0 Å². The van der Waals surface area contributed by atoms with E-state index in [2.05, 4.69) is 4.98 Å². The van der Waals surface area contributed by atoms with E-state index in [0.29, 0.717) is 12.7 Å². The Labute approximate surface area is 139 Å². The van der Waals surface area contributed by atoms with E-state index in [4.69, 9.17) is 11.6 Å². The minimum Gasteiger partial charge on any atom is -0.506 e. The number of aromatic hydroxyl groups is 1. The van der Waals surface area contributed by atoms with Gasteiger partial charge in [-0.05, 0) is 48.2 Å². The first-order valence-corrected chi connectivity index (χ1v) is 7.51. The number of hydrogen-bond acceptors (Lipinski definition) is 3. The number of phenols is 1. The fourth-order valence-electron chi connectivity index (χ4n) is 2.50. The Morgan fingerprint density at radius 3 is 2.65 bits per heavy atom. The molecular weight excluding hydrogens is 312 g/mol. The van der Waals surface area contributed by atoms with E-state index in [1.54, 1.807) is 18.6 Å². The first-order valence-electron chi connectivity index (χ1n) is 7.13. The third-order valence-electron chi connectivity index (χ3n) is 3.88. The Morgan fingerprint density at radius 1 is 1.30 bits per heavy atom. The number of benzene rings is 2. The van der Waals surface area contributed by atoms with Crippen molar-refractivity contribution in [1.29, 1.82) is 0 Å². The van der Waals surface area contributed by atoms with Crippen LogP contribution in [0.5, 0.6) is 5.75 Å². The molecule has 0 unspecified atom stereocenters. The summed E-state index contributed by atoms with van der Waals surface area (Å²) < 4.78 is 1.93. The van der Waals surface area contributed by atoms with Crippen LogP contribution in [0.15, 0.2) is 49.1 Å². The predicted molar refractivity (Wildman–Crippen MR) is 89.6 cm³/mol. The maximum absolute atomic E-state index is 11.0. The van der Waals surface area contributed by atoms with Gasteiger partial charge in [0.05, 0.1) is 16.9 Å². The largest absolute Gasteiger partial charge is 0.506 e. The van der Waals surface area contributed by atoms with Crippen LogP contribution in [-0.2, 0) is 6.42 Å². The molecule has 0 amide bonds. The van der Waals surface area contributed by atoms with Gasteiger partial charge in [-0.15, -0.1) is 0 Å². The SMILES string of the molecule is Cc1c(Cc2ccc(-n3ccnc3)cc2)cc(C=O)c(O)c1Cl. The molecule has 2 aromatic carbocycles. The highest BCUT2D eigenvalue weighted by molar-refractivity contribution is 6.33. The van der Waals surface area contributed by atoms with Crippen molar-refractivity contribution in [2.75, 3.05) is 0 Å². The Balaban J connectivity index is 1.90. The molecule has 0 aliphatic carbocycles. The second-order valence-corrected chi connectivity index (χ2v) is 5.72. The summed E-state index contributed by atoms with van der Waals surface area (Å²) in [4.78, 5) is 15.1. The molecule has 4 nitrogen and oxygen atoms in total. The topological polar surface area (TPSA) is 55.1 Å². The van der Waals surface area contributed by atoms with E-state index in [0.717, 1.165) is 22.4 Å². The lowest BCUT2D eigenvalue weighted by Gasteiger charge is -2.12. The third-order valence-corrected chi connectivity index (χ3v) is 4.34. The van der Waals surface area contributed by atoms with Gasteiger partial charge in [-0.3, -0.25) is 4.79 Å². The summed E-state index contributed by atoms with van der Waals surface area (Å²) in [5.41, 5.74) is 4.04. The Hall–Kier alpha value is -2.59. The molecular formula is C18H15ClN2O2. The van der Waals surface area contributed by atoms with Gasteiger partial charge in [-0.2, -0.15) is 0 Å². The molecule has 0 saturated carbocycles. The maximum Gasteiger partial charge on any atom is 0.153 e. The molecule has 0 spiro atoms. The summed E-state index contributed by atoms with van der Waals surface area (Å²) in [5.74, 6) is -0.154. The van der Waals surface area contributed by atoms with Crippen molar-refractivity contribution in [1.82, 2.24) is 9.55 Å². The molecule has 0 aliphatic rings. The van der Waals surface area contributed by atoms with Crippen LogP contribution >= 0.6 is 11.6 Å². The number of imidazole rings is 1. The zero-order valence-corrected chi connectivity index (χ0v) is 13.3. The Bertz CT molecular complexity index is 840. The lowest BCUT2D eigenvalue weighted by molar-refractivity contribution is 0.112. The minimum absolute atomic E-state index is 0.154. The quantitative estimate of drug-likeness (QED) is 0.739. The van der Waals surface area contributed by atoms with E-state index in [1.807, 2.05) is 42.0 Å². The first-order chi connectivity index (χ1) is 11.1. The van der Waals surface area contributed by atoms with Crippen LogP contribution in [0.4, 0.5) is 0 Å². The first kappa shape index (κ1) is 15.3. The molecule has 5 heteroatoms. The zero-order chi connectivity index (χ0) is 16.4. The molecule has 0 radical (unpaired) electrons. The molecule has 3 rings (SSSR count). The molecule has 0 fully saturated rings. The number of carbonyl (C=O) groups is 1. The van der Waals surface area contributed by atoms with Crippen LogP contribution in [0.1, 0.15) is 27.0 Å². The maximum atomic E-state index is 11.0. The van der Waals surface area contributed by atoms with Crippen molar-refractivity contribution in [3.63, 3.8) is 0 Å². The van der Waals surface area contributed by atoms with Gasteiger partial charge in [-0.1, -0.05) is 23.7 Å². The summed E-state index contributed by atoms with van der Waals surface area (Å²) in [6.45, 7) is 1.84. The fourth-order valence-corrected chi connectivity index (χ4v) is 2.73. The molecule has 0 saturated heterocycles. The van der Waals surface area contributed by atoms with E-state index in [1.165, 1.54) is 0 Å². The summed E-state index contributed by atoms with van der Waals surface area (Å²) in [7, 11) is 0. The molecule has 1 N–H and O–H groups in total. The minimum atomic E-state index is -0.154. The van der Waals surface area contributed by atoms with Crippen LogP contribution in [-0.4, -0.2) is 20.9 Å². The normalized spacial score (nSPS) is 10.7. The second-order valence-electron chi connectivity index (χ2n) is 5.34. The van der Waals surface area contributed by atoms with Crippen molar-refractivity contribution in [2.45, 2.75) is 13.3 Å². The highest BCUT2D eigenvalue weighted by Gasteiger charge is 2.13. The highest BCUT2D eigenvalue weighted by Crippen LogP contribution is 2.33. The number of halogens is 1. The van der Waals surface area contributed by atoms with Crippen LogP contribution in [0.2, 0.25) is 5.02 Å². The lowest BCUT2D eigenvalue weighted by Crippen LogP contribution is -1.97. The molecule has 3 aromatic rings. The van der Waals surface area contributed by atoms with Gasteiger partial charge < -0.3 is 9.67 Å². The van der Waals surface area contributed by atoms with Gasteiger partial charge in [0.15, 0.2) is 6.29 Å². The van der Waals surface area contributed by atoms with E-state index < -0.39 is 0 Å². The van der Waals surface area contributed by atoms with Crippen LogP contribution in [0, 0.1) is 6.92 Å². The van der Waals surface area contributed by atoms with Gasteiger partial charge in [-0.25, -0.2) is 4.98 Å². The van der Waals surface area contributed by atoms with Crippen molar-refractivity contribution >= 4 is 17.9 Å². The third kappa shape index (κ3) is 2.98. The number of rotatable bonds is 4. The number of phenolic OH excluding ortho intramolecular Hbond substituents is 1. The predicted octanol–water partition coefficient (Wildman–Crippen LogP) is 3.94. The van der Waals surface area contributed by atoms with E-state index >= 15 is 0 Å². The monoisotopic (exact) mass is 326 g/mol. The van der Waals surface area contributed by atoms with Gasteiger partial charge in [0.1, 0.15) is 5.75 Å². The Kier molecular flexibility index (Phi) is 4.17. The molecule has 0 atom stereocenters. The number of hydrogen-bond donors (Lipinski definition) is 1. The highest BCUT2D eigenvalue weighted by atomic mass is 35.5. The Morgan fingerprint density at radius 2 is 2.04 bits per heavy atom. The smallest absolute Gasteiger partial charge is 0.153 e. The average molecular weight is 327 g/mol. The summed E-state index contributed by atoms with van der Waals surface area (Å²) in [5, 5.41) is 10.1. The lowest BCUT2D eigenvalue weighted by atomic mass is 9.97. The zero-order valence-electron chi connectivity index (χ0n) is 12.5. The van der Waals surface area contributed by atoms with Crippen molar-refractivity contribution in [3.05, 3.63) is 76.3 Å². The van der Waals surface area contributed by atoms with Gasteiger partial charge >= 0.3 is 0 Å². The van der Waals surface area contributed by atoms with Crippen molar-refractivity contribution in [3.8, 4) is 11.4 Å². The summed E-state index contributed by atoms with van der Waals surface area (Å²) in [6, 6.07) is 9.75. The molecule has 0 bridgehead atoms. The number of nitrogens with zero attached hydrogens (tertiary/aromatic N) is 2. The number of aromatic nitrogens is 2. The molecule has 23 heavy (non-hydrogen) atoms. The molecule has 1 heterocycles. The fraction of sp³-hybridized carbons (Fsp3) is 0.111. The number of carbonyl (C=O) groups excluding carboxylic acids is 1. The molecule has 0 aliphatic heterocycles. The molecule has 1 aromatic heterocycles. The summed E-state index contributed by atoms with van der Waals surface area (Å²) in [6.07, 6.45) is 6.62. The van der Waals surface area contributed by atoms with Crippen molar-refractivity contribution in [2.24, 2.45) is 0 Å². The van der Waals surface area contributed by atoms with E-state index in [-0.39, 0.29) is 16.3 Å². The van der Waals surface area contributed by atoms with Gasteiger partial charge in [0, 0.05) is 18.1 Å². The average Bonchev–Trinajstić information content (AvgIpc) is 3.10. The van der Waals surface area contributed by atoms with Crippen molar-refractivity contribution < 1.29 is 9.90 Å². The van der Waals surface area contributed by atoms with Crippen LogP contribution < -0.4 is 0 Å². The molecule has 116 valence electrons. The van der Waals surface area contributed by atoms with Gasteiger partial charge in [0.25, 0.3) is 0 Å². The van der Waals surface area contributed by atoms with E-state index in [9.17, 15) is 9.90 Å². The van der Waals surface area contributed by atoms with Crippen LogP contribution in [0.25, 0.3) is 5.69 Å².